The van der Waals surface area contributed by atoms with E-state index in [-0.39, 0.29) is 23.7 Å². The van der Waals surface area contributed by atoms with Crippen molar-refractivity contribution in [3.63, 3.8) is 0 Å². The van der Waals surface area contributed by atoms with E-state index in [2.05, 4.69) is 4.18 Å². The number of hydrogen-bond acceptors (Lipinski definition) is 5. The zero-order valence-corrected chi connectivity index (χ0v) is 14.4. The van der Waals surface area contributed by atoms with Crippen molar-refractivity contribution >= 4 is 39.0 Å². The maximum absolute atomic E-state index is 11.9. The molecule has 1 rings (SSSR count). The molecule has 0 bridgehead atoms. The van der Waals surface area contributed by atoms with Crippen LogP contribution in [0.25, 0.3) is 0 Å². The summed E-state index contributed by atoms with van der Waals surface area (Å²) in [5.41, 5.74) is -0.562. The molecule has 0 aromatic rings. The second-order valence-electron chi connectivity index (χ2n) is 5.10. The van der Waals surface area contributed by atoms with Crippen LogP contribution >= 0.6 is 22.6 Å². The Labute approximate surface area is 127 Å². The van der Waals surface area contributed by atoms with Crippen LogP contribution in [-0.2, 0) is 19.2 Å². The molecule has 7 nitrogen and oxygen atoms in total. The molecule has 1 atom stereocenters. The fourth-order valence-corrected chi connectivity index (χ4v) is 4.00. The van der Waals surface area contributed by atoms with Crippen molar-refractivity contribution < 1.29 is 22.1 Å². The zero-order chi connectivity index (χ0) is 14.8. The summed E-state index contributed by atoms with van der Waals surface area (Å²) < 4.78 is 33.9. The number of carbonyl (C=O) groups excluding carboxylic acids is 1. The maximum Gasteiger partial charge on any atom is 0.410 e. The molecule has 0 radical (unpaired) electrons. The average molecular weight is 406 g/mol. The van der Waals surface area contributed by atoms with Gasteiger partial charge in [0, 0.05) is 19.6 Å². The van der Waals surface area contributed by atoms with Crippen molar-refractivity contribution in [3.8, 4) is 0 Å². The second kappa shape index (κ2) is 6.10. The van der Waals surface area contributed by atoms with Crippen LogP contribution in [0.2, 0.25) is 0 Å². The number of hydrogen-bond donors (Lipinski definition) is 0. The third kappa shape index (κ3) is 4.72. The number of carbonyl (C=O) groups is 1. The van der Waals surface area contributed by atoms with Gasteiger partial charge >= 0.3 is 16.4 Å². The monoisotopic (exact) mass is 406 g/mol. The highest BCUT2D eigenvalue weighted by molar-refractivity contribution is 14.1. The Bertz CT molecular complexity index is 434. The highest BCUT2D eigenvalue weighted by atomic mass is 127. The number of ether oxygens (including phenoxy) is 1. The largest absolute Gasteiger partial charge is 0.444 e. The first-order chi connectivity index (χ1) is 8.57. The van der Waals surface area contributed by atoms with Gasteiger partial charge in [0.25, 0.3) is 0 Å². The normalized spacial score (nSPS) is 22.4. The quantitative estimate of drug-likeness (QED) is 0.391. The molecular weight excluding hydrogens is 387 g/mol. The number of nitrogens with zero attached hydrogens (tertiary/aromatic N) is 2. The number of amides is 1. The minimum Gasteiger partial charge on any atom is -0.444 e. The van der Waals surface area contributed by atoms with Crippen molar-refractivity contribution in [1.82, 2.24) is 9.21 Å². The lowest BCUT2D eigenvalue weighted by Crippen LogP contribution is -2.55. The van der Waals surface area contributed by atoms with Gasteiger partial charge < -0.3 is 9.64 Å². The SMILES string of the molecule is COS(=O)(=O)N1CCN(C(=O)OC(C)(C)C)C[C@H]1I. The van der Waals surface area contributed by atoms with E-state index in [9.17, 15) is 13.2 Å². The molecule has 0 unspecified atom stereocenters. The first kappa shape index (κ1) is 16.9. The Hall–Kier alpha value is -0.130. The van der Waals surface area contributed by atoms with E-state index in [1.807, 2.05) is 22.6 Å². The van der Waals surface area contributed by atoms with Gasteiger partial charge in [-0.15, -0.1) is 0 Å². The van der Waals surface area contributed by atoms with E-state index >= 15 is 0 Å². The summed E-state index contributed by atoms with van der Waals surface area (Å²) in [4.78, 5) is 13.4. The molecule has 0 aromatic heterocycles. The molecule has 0 aliphatic carbocycles. The minimum atomic E-state index is -3.71. The molecule has 0 aromatic carbocycles. The number of alkyl halides is 1. The first-order valence-corrected chi connectivity index (χ1v) is 8.37. The lowest BCUT2D eigenvalue weighted by molar-refractivity contribution is 0.0179. The van der Waals surface area contributed by atoms with E-state index in [0.717, 1.165) is 7.11 Å². The second-order valence-corrected chi connectivity index (χ2v) is 8.19. The van der Waals surface area contributed by atoms with E-state index in [0.29, 0.717) is 0 Å². The van der Waals surface area contributed by atoms with Crippen LogP contribution < -0.4 is 0 Å². The minimum absolute atomic E-state index is 0.197. The first-order valence-electron chi connectivity index (χ1n) is 5.76. The van der Waals surface area contributed by atoms with Gasteiger partial charge in [-0.2, -0.15) is 12.7 Å². The Morgan fingerprint density at radius 1 is 1.32 bits per heavy atom. The fraction of sp³-hybridized carbons (Fsp3) is 0.900. The predicted molar refractivity (Wildman–Crippen MR) is 78.2 cm³/mol. The van der Waals surface area contributed by atoms with Crippen molar-refractivity contribution in [2.45, 2.75) is 30.4 Å². The highest BCUT2D eigenvalue weighted by Crippen LogP contribution is 2.21. The summed E-state index contributed by atoms with van der Waals surface area (Å²) in [5, 5.41) is 0. The average Bonchev–Trinajstić information content (AvgIpc) is 2.26. The van der Waals surface area contributed by atoms with Crippen LogP contribution in [0.15, 0.2) is 0 Å². The van der Waals surface area contributed by atoms with Crippen LogP contribution in [-0.4, -0.2) is 60.1 Å². The van der Waals surface area contributed by atoms with Gasteiger partial charge in [-0.1, -0.05) is 22.6 Å². The molecule has 0 spiro atoms. The highest BCUT2D eigenvalue weighted by Gasteiger charge is 2.36. The van der Waals surface area contributed by atoms with Gasteiger partial charge in [-0.3, -0.25) is 4.18 Å². The van der Waals surface area contributed by atoms with E-state index < -0.39 is 22.0 Å². The fourth-order valence-electron chi connectivity index (χ4n) is 1.56. The Balaban J connectivity index is 2.67. The van der Waals surface area contributed by atoms with Crippen LogP contribution in [0.5, 0.6) is 0 Å². The Morgan fingerprint density at radius 2 is 1.89 bits per heavy atom. The van der Waals surface area contributed by atoms with Gasteiger partial charge in [0.05, 0.1) is 11.2 Å². The van der Waals surface area contributed by atoms with Gasteiger partial charge in [-0.25, -0.2) is 4.79 Å². The van der Waals surface area contributed by atoms with Crippen molar-refractivity contribution in [2.24, 2.45) is 0 Å². The van der Waals surface area contributed by atoms with Gasteiger partial charge in [0.2, 0.25) is 0 Å². The Morgan fingerprint density at radius 3 is 2.32 bits per heavy atom. The molecular formula is C10H19IN2O5S. The van der Waals surface area contributed by atoms with Gasteiger partial charge in [-0.05, 0) is 20.8 Å². The van der Waals surface area contributed by atoms with Crippen LogP contribution in [0.1, 0.15) is 20.8 Å². The Kier molecular flexibility index (Phi) is 5.43. The van der Waals surface area contributed by atoms with Gasteiger partial charge in [0.1, 0.15) is 5.60 Å². The summed E-state index contributed by atoms with van der Waals surface area (Å²) in [7, 11) is -2.58. The van der Waals surface area contributed by atoms with E-state index in [1.165, 1.54) is 9.21 Å². The molecule has 1 fully saturated rings. The summed E-state index contributed by atoms with van der Waals surface area (Å²) >= 11 is 1.97. The van der Waals surface area contributed by atoms with Crippen LogP contribution in [0.4, 0.5) is 4.79 Å². The molecule has 1 amide bonds. The third-order valence-corrected chi connectivity index (χ3v) is 5.30. The number of piperazine rings is 1. The molecule has 1 heterocycles. The van der Waals surface area contributed by atoms with Crippen molar-refractivity contribution in [2.75, 3.05) is 26.7 Å². The molecule has 0 saturated carbocycles. The summed E-state index contributed by atoms with van der Waals surface area (Å²) in [6.45, 7) is 6.13. The molecule has 0 N–H and O–H groups in total. The third-order valence-electron chi connectivity index (χ3n) is 2.42. The van der Waals surface area contributed by atoms with E-state index in [1.54, 1.807) is 20.8 Å². The lowest BCUT2D eigenvalue weighted by atomic mass is 10.2. The summed E-state index contributed by atoms with van der Waals surface area (Å²) in [5.74, 6) is 0. The number of halogens is 1. The van der Waals surface area contributed by atoms with E-state index in [4.69, 9.17) is 4.74 Å². The lowest BCUT2D eigenvalue weighted by Gasteiger charge is -2.37. The summed E-state index contributed by atoms with van der Waals surface area (Å²) in [6.07, 6.45) is -0.427. The van der Waals surface area contributed by atoms with Crippen LogP contribution in [0, 0.1) is 0 Å². The smallest absolute Gasteiger partial charge is 0.410 e. The molecule has 19 heavy (non-hydrogen) atoms. The zero-order valence-electron chi connectivity index (χ0n) is 11.4. The molecule has 1 aliphatic rings. The molecule has 112 valence electrons. The van der Waals surface area contributed by atoms with Crippen LogP contribution in [0.3, 0.4) is 0 Å². The van der Waals surface area contributed by atoms with Gasteiger partial charge in [0.15, 0.2) is 0 Å². The molecule has 1 aliphatic heterocycles. The predicted octanol–water partition coefficient (Wildman–Crippen LogP) is 1.19. The topological polar surface area (TPSA) is 76.2 Å². The maximum atomic E-state index is 11.9. The number of rotatable bonds is 2. The molecule has 1 saturated heterocycles. The standard InChI is InChI=1S/C10H19IN2O5S/c1-10(2,3)18-9(14)12-5-6-13(8(11)7-12)19(15,16)17-4/h8H,5-7H2,1-4H3/t8-/m0/s1. The molecule has 9 heteroatoms. The van der Waals surface area contributed by atoms with Crippen molar-refractivity contribution in [1.29, 1.82) is 0 Å². The summed E-state index contributed by atoms with van der Waals surface area (Å²) in [6, 6.07) is 0. The van der Waals surface area contributed by atoms with Crippen molar-refractivity contribution in [3.05, 3.63) is 0 Å².